The quantitative estimate of drug-likeness (QED) is 0.0272. The first-order chi connectivity index (χ1) is 38.5. The Morgan fingerprint density at radius 1 is 0.456 bits per heavy atom. The molecule has 0 heterocycles. The number of hydrogen-bond donors (Lipinski definition) is 2. The van der Waals surface area contributed by atoms with Crippen LogP contribution in [0.25, 0.3) is 0 Å². The van der Waals surface area contributed by atoms with E-state index in [9.17, 15) is 19.4 Å². The van der Waals surface area contributed by atoms with Gasteiger partial charge in [-0.3, -0.25) is 9.36 Å². The van der Waals surface area contributed by atoms with Crippen LogP contribution >= 0.6 is 7.82 Å². The number of allylic oxidation sites excluding steroid dienone is 8. The number of carbonyl (C=O) groups excluding carboxylic acids is 1. The Hall–Kier alpha value is -1.54. The van der Waals surface area contributed by atoms with E-state index in [1.807, 2.05) is 21.1 Å². The SMILES string of the molecule is CC/C=C\C/C=C\C/C=C\C/C=C\CCCCCCCCCCCCCCCCC(=O)NC(COP(=O)([O-])OCC[N+](C)(C)C)C(O)CCCCCCCCCCCCCCCCCCCCCCCCCCCCCCCC. The smallest absolute Gasteiger partial charge is 0.268 e. The van der Waals surface area contributed by atoms with Gasteiger partial charge in [-0.25, -0.2) is 0 Å². The van der Waals surface area contributed by atoms with E-state index in [0.717, 1.165) is 64.2 Å². The minimum atomic E-state index is -4.58. The third-order valence-corrected chi connectivity index (χ3v) is 16.8. The van der Waals surface area contributed by atoms with Crippen LogP contribution in [0.2, 0.25) is 0 Å². The fraction of sp³-hybridized carbons (Fsp3) is 0.871. The maximum absolute atomic E-state index is 13.1. The van der Waals surface area contributed by atoms with Gasteiger partial charge in [0, 0.05) is 6.42 Å². The number of aliphatic hydroxyl groups is 1. The molecule has 8 nitrogen and oxygen atoms in total. The molecule has 0 aliphatic rings. The Morgan fingerprint density at radius 2 is 0.772 bits per heavy atom. The summed E-state index contributed by atoms with van der Waals surface area (Å²) < 4.78 is 23.5. The standard InChI is InChI=1S/C70H135N2O6P/c1-6-8-10-12-14-16-18-20-22-24-26-28-30-32-34-35-36-38-39-41-43-45-47-49-51-53-55-57-59-61-63-69(73)68(67-78-79(75,76)77-66-65-72(3,4)5)71-70(74)64-62-60-58-56-54-52-50-48-46-44-42-40-37-33-31-29-27-25-23-21-19-17-15-13-11-9-7-2/h9,11,15,17,21,23,27,29,68-69,73H,6-8,10,12-14,16,18-20,22,24-26,28,30-67H2,1-5H3,(H-,71,74,75,76)/b11-9-,17-15-,23-21-,29-27-. The predicted molar refractivity (Wildman–Crippen MR) is 344 cm³/mol. The monoisotopic (exact) mass is 1130 g/mol. The molecule has 3 atom stereocenters. The van der Waals surface area contributed by atoms with Gasteiger partial charge in [-0.15, -0.1) is 0 Å². The summed E-state index contributed by atoms with van der Waals surface area (Å²) in [6.45, 7) is 4.66. The van der Waals surface area contributed by atoms with Gasteiger partial charge in [-0.05, 0) is 51.4 Å². The highest BCUT2D eigenvalue weighted by molar-refractivity contribution is 7.45. The van der Waals surface area contributed by atoms with Crippen molar-refractivity contribution in [1.82, 2.24) is 5.32 Å². The van der Waals surface area contributed by atoms with E-state index in [-0.39, 0.29) is 19.1 Å². The molecular formula is C70H135N2O6P. The summed E-state index contributed by atoms with van der Waals surface area (Å²) in [5, 5.41) is 14.1. The van der Waals surface area contributed by atoms with Crippen molar-refractivity contribution in [2.75, 3.05) is 40.9 Å². The first-order valence-corrected chi connectivity index (χ1v) is 35.9. The number of carbonyl (C=O) groups is 1. The zero-order valence-corrected chi connectivity index (χ0v) is 54.2. The Morgan fingerprint density at radius 3 is 1.13 bits per heavy atom. The van der Waals surface area contributed by atoms with E-state index >= 15 is 0 Å². The summed E-state index contributed by atoms with van der Waals surface area (Å²) >= 11 is 0. The molecule has 0 saturated heterocycles. The lowest BCUT2D eigenvalue weighted by atomic mass is 10.0. The van der Waals surface area contributed by atoms with Crippen molar-refractivity contribution in [3.05, 3.63) is 48.6 Å². The lowest BCUT2D eigenvalue weighted by Crippen LogP contribution is -2.46. The second-order valence-electron chi connectivity index (χ2n) is 24.9. The van der Waals surface area contributed by atoms with Gasteiger partial charge in [-0.2, -0.15) is 0 Å². The average molecular weight is 1130 g/mol. The van der Waals surface area contributed by atoms with Gasteiger partial charge in [0.15, 0.2) is 0 Å². The second kappa shape index (κ2) is 61.0. The van der Waals surface area contributed by atoms with Gasteiger partial charge in [-0.1, -0.05) is 332 Å². The molecule has 79 heavy (non-hydrogen) atoms. The van der Waals surface area contributed by atoms with E-state index in [1.54, 1.807) is 0 Å². The zero-order valence-electron chi connectivity index (χ0n) is 53.3. The fourth-order valence-corrected chi connectivity index (χ4v) is 11.2. The summed E-state index contributed by atoms with van der Waals surface area (Å²) in [6, 6.07) is -0.804. The van der Waals surface area contributed by atoms with E-state index < -0.39 is 20.0 Å². The van der Waals surface area contributed by atoms with Crippen molar-refractivity contribution in [1.29, 1.82) is 0 Å². The molecule has 0 aromatic carbocycles. The largest absolute Gasteiger partial charge is 0.756 e. The van der Waals surface area contributed by atoms with E-state index in [4.69, 9.17) is 9.05 Å². The highest BCUT2D eigenvalue weighted by Crippen LogP contribution is 2.38. The van der Waals surface area contributed by atoms with Crippen molar-refractivity contribution < 1.29 is 32.9 Å². The molecule has 0 bridgehead atoms. The molecule has 2 N–H and O–H groups in total. The average Bonchev–Trinajstić information content (AvgIpc) is 3.42. The van der Waals surface area contributed by atoms with Crippen LogP contribution in [-0.2, 0) is 18.4 Å². The number of quaternary nitrogens is 1. The third kappa shape index (κ3) is 63.9. The Balaban J connectivity index is 4.03. The van der Waals surface area contributed by atoms with Gasteiger partial charge >= 0.3 is 0 Å². The van der Waals surface area contributed by atoms with Crippen molar-refractivity contribution >= 4 is 13.7 Å². The maximum atomic E-state index is 13.1. The summed E-state index contributed by atoms with van der Waals surface area (Å²) in [5.74, 6) is -0.161. The number of nitrogens with zero attached hydrogens (tertiary/aromatic N) is 1. The molecule has 0 fully saturated rings. The van der Waals surface area contributed by atoms with E-state index in [2.05, 4.69) is 67.8 Å². The van der Waals surface area contributed by atoms with Crippen molar-refractivity contribution in [3.63, 3.8) is 0 Å². The van der Waals surface area contributed by atoms with Gasteiger partial charge in [0.25, 0.3) is 7.82 Å². The second-order valence-corrected chi connectivity index (χ2v) is 26.3. The van der Waals surface area contributed by atoms with Crippen LogP contribution in [-0.4, -0.2) is 68.5 Å². The minimum Gasteiger partial charge on any atom is -0.756 e. The molecule has 0 aliphatic carbocycles. The number of amides is 1. The van der Waals surface area contributed by atoms with Crippen LogP contribution in [0, 0.1) is 0 Å². The highest BCUT2D eigenvalue weighted by Gasteiger charge is 2.24. The number of likely N-dealkylation sites (N-methyl/N-ethyl adjacent to an activating group) is 1. The van der Waals surface area contributed by atoms with E-state index in [1.165, 1.54) is 250 Å². The zero-order chi connectivity index (χ0) is 57.7. The molecule has 0 aliphatic heterocycles. The van der Waals surface area contributed by atoms with Crippen LogP contribution in [0.5, 0.6) is 0 Å². The van der Waals surface area contributed by atoms with Gasteiger partial charge in [0.1, 0.15) is 13.2 Å². The molecule has 0 rings (SSSR count). The third-order valence-electron chi connectivity index (χ3n) is 15.8. The Labute approximate surface area is 492 Å². The van der Waals surface area contributed by atoms with Crippen LogP contribution in [0.3, 0.4) is 0 Å². The van der Waals surface area contributed by atoms with Crippen LogP contribution in [0.1, 0.15) is 341 Å². The highest BCUT2D eigenvalue weighted by atomic mass is 31.2. The summed E-state index contributed by atoms with van der Waals surface area (Å²) in [6.07, 6.45) is 81.8. The summed E-state index contributed by atoms with van der Waals surface area (Å²) in [4.78, 5) is 25.7. The lowest BCUT2D eigenvalue weighted by molar-refractivity contribution is -0.870. The number of phosphoric acid groups is 1. The van der Waals surface area contributed by atoms with E-state index in [0.29, 0.717) is 23.9 Å². The Bertz CT molecular complexity index is 1430. The number of phosphoric ester groups is 1. The molecule has 3 unspecified atom stereocenters. The lowest BCUT2D eigenvalue weighted by Gasteiger charge is -2.30. The number of rotatable bonds is 64. The molecule has 0 saturated carbocycles. The van der Waals surface area contributed by atoms with Crippen LogP contribution < -0.4 is 10.2 Å². The van der Waals surface area contributed by atoms with Gasteiger partial charge in [0.2, 0.25) is 5.91 Å². The number of nitrogens with one attached hydrogen (secondary N) is 1. The first-order valence-electron chi connectivity index (χ1n) is 34.5. The van der Waals surface area contributed by atoms with Crippen molar-refractivity contribution in [2.45, 2.75) is 353 Å². The number of aliphatic hydroxyl groups excluding tert-OH is 1. The molecule has 1 amide bonds. The summed E-state index contributed by atoms with van der Waals surface area (Å²) in [7, 11) is 1.32. The number of unbranched alkanes of at least 4 members (excludes halogenated alkanes) is 43. The molecule has 0 spiro atoms. The number of hydrogen-bond acceptors (Lipinski definition) is 6. The van der Waals surface area contributed by atoms with Crippen molar-refractivity contribution in [3.8, 4) is 0 Å². The minimum absolute atomic E-state index is 0.0124. The van der Waals surface area contributed by atoms with Crippen molar-refractivity contribution in [2.24, 2.45) is 0 Å². The fourth-order valence-electron chi connectivity index (χ4n) is 10.5. The Kier molecular flexibility index (Phi) is 59.8. The molecule has 0 aromatic rings. The van der Waals surface area contributed by atoms with Gasteiger partial charge in [0.05, 0.1) is 39.9 Å². The summed E-state index contributed by atoms with van der Waals surface area (Å²) in [5.41, 5.74) is 0. The predicted octanol–water partition coefficient (Wildman–Crippen LogP) is 21.2. The van der Waals surface area contributed by atoms with Crippen LogP contribution in [0.4, 0.5) is 0 Å². The first kappa shape index (κ1) is 77.5. The molecule has 466 valence electrons. The maximum Gasteiger partial charge on any atom is 0.268 e. The topological polar surface area (TPSA) is 108 Å². The molecule has 9 heteroatoms. The molecule has 0 aromatic heterocycles. The molecule has 0 radical (unpaired) electrons. The molecular weight excluding hydrogens is 996 g/mol. The normalized spacial score (nSPS) is 14.0. The van der Waals surface area contributed by atoms with Crippen LogP contribution in [0.15, 0.2) is 48.6 Å². The van der Waals surface area contributed by atoms with Gasteiger partial charge < -0.3 is 28.8 Å².